The largest absolute Gasteiger partial charge is 0.493 e. The molecule has 1 unspecified atom stereocenters. The van der Waals surface area contributed by atoms with Crippen molar-refractivity contribution < 1.29 is 18.9 Å². The van der Waals surface area contributed by atoms with Crippen molar-refractivity contribution in [2.45, 2.75) is 25.5 Å². The van der Waals surface area contributed by atoms with Crippen LogP contribution in [0.5, 0.6) is 23.0 Å². The number of rotatable bonds is 8. The van der Waals surface area contributed by atoms with E-state index in [-0.39, 0.29) is 6.04 Å². The van der Waals surface area contributed by atoms with Gasteiger partial charge in [-0.3, -0.25) is 0 Å². The Morgan fingerprint density at radius 3 is 2.28 bits per heavy atom. The lowest BCUT2D eigenvalue weighted by atomic mass is 9.89. The molecule has 0 amide bonds. The summed E-state index contributed by atoms with van der Waals surface area (Å²) in [5.74, 6) is 2.97. The van der Waals surface area contributed by atoms with Crippen LogP contribution in [0.15, 0.2) is 59.1 Å². The highest BCUT2D eigenvalue weighted by atomic mass is 79.9. The van der Waals surface area contributed by atoms with Crippen LogP contribution in [0, 0.1) is 0 Å². The molecule has 32 heavy (non-hydrogen) atoms. The van der Waals surface area contributed by atoms with Crippen molar-refractivity contribution in [2.75, 3.05) is 27.9 Å². The molecule has 1 aliphatic rings. The summed E-state index contributed by atoms with van der Waals surface area (Å²) >= 11 is 3.70. The van der Waals surface area contributed by atoms with Gasteiger partial charge in [-0.1, -0.05) is 46.3 Å². The Hall–Kier alpha value is -2.70. The normalized spacial score (nSPS) is 15.1. The predicted octanol–water partition coefficient (Wildman–Crippen LogP) is 5.48. The molecule has 0 saturated carbocycles. The monoisotopic (exact) mass is 497 g/mol. The third-order valence-corrected chi connectivity index (χ3v) is 6.54. The molecule has 1 atom stereocenters. The maximum absolute atomic E-state index is 6.17. The highest BCUT2D eigenvalue weighted by Gasteiger charge is 2.24. The van der Waals surface area contributed by atoms with E-state index in [9.17, 15) is 0 Å². The minimum Gasteiger partial charge on any atom is -0.493 e. The van der Waals surface area contributed by atoms with Gasteiger partial charge >= 0.3 is 0 Å². The number of halogens is 1. The highest BCUT2D eigenvalue weighted by molar-refractivity contribution is 9.10. The third kappa shape index (κ3) is 4.87. The third-order valence-electron chi connectivity index (χ3n) is 5.80. The molecule has 0 fully saturated rings. The number of methoxy groups -OCH3 is 3. The summed E-state index contributed by atoms with van der Waals surface area (Å²) in [5.41, 5.74) is 4.79. The summed E-state index contributed by atoms with van der Waals surface area (Å²) in [7, 11) is 5.00. The lowest BCUT2D eigenvalue weighted by Gasteiger charge is -2.29. The fourth-order valence-electron chi connectivity index (χ4n) is 4.11. The van der Waals surface area contributed by atoms with Gasteiger partial charge in [0.1, 0.15) is 6.61 Å². The van der Waals surface area contributed by atoms with Gasteiger partial charge in [-0.25, -0.2) is 0 Å². The lowest BCUT2D eigenvalue weighted by Crippen LogP contribution is -2.31. The Balaban J connectivity index is 1.62. The number of fused-ring (bicyclic) bond motifs is 1. The molecule has 0 aliphatic carbocycles. The molecule has 1 N–H and O–H groups in total. The number of hydrogen-bond donors (Lipinski definition) is 1. The molecule has 1 heterocycles. The van der Waals surface area contributed by atoms with Crippen molar-refractivity contribution in [3.8, 4) is 23.0 Å². The van der Waals surface area contributed by atoms with Crippen LogP contribution in [0.25, 0.3) is 0 Å². The van der Waals surface area contributed by atoms with E-state index in [0.29, 0.717) is 12.4 Å². The van der Waals surface area contributed by atoms with Crippen molar-refractivity contribution in [3.63, 3.8) is 0 Å². The van der Waals surface area contributed by atoms with Crippen LogP contribution in [0.4, 0.5) is 0 Å². The molecule has 0 spiro atoms. The van der Waals surface area contributed by atoms with E-state index in [2.05, 4.69) is 45.5 Å². The number of benzene rings is 3. The number of nitrogens with one attached hydrogen (secondary N) is 1. The van der Waals surface area contributed by atoms with E-state index in [1.807, 2.05) is 30.3 Å². The first-order valence-electron chi connectivity index (χ1n) is 10.6. The summed E-state index contributed by atoms with van der Waals surface area (Å²) in [6, 6.07) is 18.6. The van der Waals surface area contributed by atoms with Gasteiger partial charge in [0.2, 0.25) is 0 Å². The molecule has 0 saturated heterocycles. The Kier molecular flexibility index (Phi) is 7.22. The second kappa shape index (κ2) is 10.3. The summed E-state index contributed by atoms with van der Waals surface area (Å²) in [6.07, 6.45) is 1.76. The molecule has 168 valence electrons. The summed E-state index contributed by atoms with van der Waals surface area (Å²) in [6.45, 7) is 1.41. The fraction of sp³-hybridized carbons (Fsp3) is 0.308. The first kappa shape index (κ1) is 22.5. The van der Waals surface area contributed by atoms with E-state index in [1.54, 1.807) is 21.3 Å². The highest BCUT2D eigenvalue weighted by Crippen LogP contribution is 2.39. The zero-order chi connectivity index (χ0) is 22.5. The zero-order valence-electron chi connectivity index (χ0n) is 18.6. The van der Waals surface area contributed by atoms with Crippen molar-refractivity contribution in [1.29, 1.82) is 0 Å². The van der Waals surface area contributed by atoms with Gasteiger partial charge in [-0.2, -0.15) is 0 Å². The SMILES string of the molecule is COc1cc(Br)c(CC2NCCc3cc(OC)c(OCc4ccccc4)cc32)cc1OC. The molecule has 5 nitrogen and oxygen atoms in total. The average molecular weight is 498 g/mol. The Labute approximate surface area is 197 Å². The zero-order valence-corrected chi connectivity index (χ0v) is 20.2. The van der Waals surface area contributed by atoms with Crippen molar-refractivity contribution >= 4 is 15.9 Å². The van der Waals surface area contributed by atoms with E-state index < -0.39 is 0 Å². The van der Waals surface area contributed by atoms with Crippen LogP contribution in [-0.2, 0) is 19.4 Å². The molecule has 3 aromatic carbocycles. The summed E-state index contributed by atoms with van der Waals surface area (Å²) < 4.78 is 23.7. The average Bonchev–Trinajstić information content (AvgIpc) is 2.83. The van der Waals surface area contributed by atoms with Crippen LogP contribution in [0.3, 0.4) is 0 Å². The maximum Gasteiger partial charge on any atom is 0.162 e. The minimum atomic E-state index is 0.151. The van der Waals surface area contributed by atoms with Crippen LogP contribution < -0.4 is 24.3 Å². The van der Waals surface area contributed by atoms with Gasteiger partial charge < -0.3 is 24.3 Å². The van der Waals surface area contributed by atoms with Crippen LogP contribution >= 0.6 is 15.9 Å². The van der Waals surface area contributed by atoms with Gasteiger partial charge in [0.25, 0.3) is 0 Å². The maximum atomic E-state index is 6.17. The number of hydrogen-bond acceptors (Lipinski definition) is 5. The summed E-state index contributed by atoms with van der Waals surface area (Å²) in [4.78, 5) is 0. The second-order valence-electron chi connectivity index (χ2n) is 7.74. The van der Waals surface area contributed by atoms with Crippen LogP contribution in [0.2, 0.25) is 0 Å². The first-order chi connectivity index (χ1) is 15.6. The molecule has 6 heteroatoms. The molecule has 3 aromatic rings. The van der Waals surface area contributed by atoms with Gasteiger partial charge in [0.05, 0.1) is 21.3 Å². The molecule has 0 bridgehead atoms. The van der Waals surface area contributed by atoms with Gasteiger partial charge in [-0.15, -0.1) is 0 Å². The topological polar surface area (TPSA) is 49.0 Å². The Bertz CT molecular complexity index is 1070. The Morgan fingerprint density at radius 2 is 1.56 bits per heavy atom. The summed E-state index contributed by atoms with van der Waals surface area (Å²) in [5, 5.41) is 3.67. The standard InChI is InChI=1S/C26H28BrNO4/c1-29-23-13-19(21(27)15-25(23)31-3)11-22-20-14-26(32-16-17-7-5-4-6-8-17)24(30-2)12-18(20)9-10-28-22/h4-8,12-15,22,28H,9-11,16H2,1-3H3. The van der Waals surface area contributed by atoms with Crippen LogP contribution in [0.1, 0.15) is 28.3 Å². The molecule has 1 aliphatic heterocycles. The van der Waals surface area contributed by atoms with Gasteiger partial charge in [0.15, 0.2) is 23.0 Å². The van der Waals surface area contributed by atoms with E-state index in [1.165, 1.54) is 11.1 Å². The second-order valence-corrected chi connectivity index (χ2v) is 8.59. The predicted molar refractivity (Wildman–Crippen MR) is 129 cm³/mol. The van der Waals surface area contributed by atoms with Crippen molar-refractivity contribution in [3.05, 3.63) is 81.3 Å². The fourth-order valence-corrected chi connectivity index (χ4v) is 4.60. The van der Waals surface area contributed by atoms with Gasteiger partial charge in [0, 0.05) is 10.5 Å². The smallest absolute Gasteiger partial charge is 0.162 e. The quantitative estimate of drug-likeness (QED) is 0.446. The first-order valence-corrected chi connectivity index (χ1v) is 11.4. The van der Waals surface area contributed by atoms with Gasteiger partial charge in [-0.05, 0) is 65.9 Å². The van der Waals surface area contributed by atoms with Crippen molar-refractivity contribution in [2.24, 2.45) is 0 Å². The molecule has 4 rings (SSSR count). The molecule has 0 aromatic heterocycles. The van der Waals surface area contributed by atoms with E-state index in [4.69, 9.17) is 18.9 Å². The van der Waals surface area contributed by atoms with E-state index in [0.717, 1.165) is 52.2 Å². The van der Waals surface area contributed by atoms with Crippen LogP contribution in [-0.4, -0.2) is 27.9 Å². The Morgan fingerprint density at radius 1 is 0.875 bits per heavy atom. The van der Waals surface area contributed by atoms with E-state index >= 15 is 0 Å². The molecular formula is C26H28BrNO4. The van der Waals surface area contributed by atoms with Crippen molar-refractivity contribution in [1.82, 2.24) is 5.32 Å². The molecule has 0 radical (unpaired) electrons. The molecular weight excluding hydrogens is 470 g/mol. The number of ether oxygens (including phenoxy) is 4. The minimum absolute atomic E-state index is 0.151. The lowest BCUT2D eigenvalue weighted by molar-refractivity contribution is 0.283.